The number of hydrogen-bond acceptors (Lipinski definition) is 7. The molecule has 2 atom stereocenters. The fraction of sp³-hybridized carbons (Fsp3) is 0.941. The van der Waals surface area contributed by atoms with Crippen LogP contribution in [0, 0.1) is 11.8 Å². The maximum atomic E-state index is 11.6. The molecule has 1 amide bonds. The van der Waals surface area contributed by atoms with Gasteiger partial charge in [-0.15, -0.1) is 0 Å². The number of carbonyl (C=O) groups excluding carboxylic acids is 1. The zero-order valence-corrected chi connectivity index (χ0v) is 15.8. The Balaban J connectivity index is 3.38. The van der Waals surface area contributed by atoms with Gasteiger partial charge in [-0.25, -0.2) is 4.79 Å². The SMILES string of the molecule is CCC(CN)CC(C)CNC(=O)OCCOCCOCCOCCN. The van der Waals surface area contributed by atoms with Crippen LogP contribution in [0.5, 0.6) is 0 Å². The van der Waals surface area contributed by atoms with E-state index in [4.69, 9.17) is 30.4 Å². The van der Waals surface area contributed by atoms with Crippen LogP contribution in [-0.2, 0) is 18.9 Å². The van der Waals surface area contributed by atoms with Gasteiger partial charge in [0.05, 0.1) is 39.6 Å². The summed E-state index contributed by atoms with van der Waals surface area (Å²) in [6.45, 7) is 9.13. The Morgan fingerprint density at radius 2 is 1.52 bits per heavy atom. The summed E-state index contributed by atoms with van der Waals surface area (Å²) in [6.07, 6.45) is 1.66. The molecule has 8 nitrogen and oxygen atoms in total. The Hall–Kier alpha value is -0.930. The molecule has 25 heavy (non-hydrogen) atoms. The number of nitrogens with two attached hydrogens (primary N) is 2. The molecule has 0 aliphatic rings. The average Bonchev–Trinajstić information content (AvgIpc) is 2.62. The quantitative estimate of drug-likeness (QED) is 0.326. The first-order chi connectivity index (χ1) is 12.1. The lowest BCUT2D eigenvalue weighted by Gasteiger charge is -2.18. The lowest BCUT2D eigenvalue weighted by atomic mass is 9.94. The second kappa shape index (κ2) is 17.9. The van der Waals surface area contributed by atoms with Gasteiger partial charge in [-0.05, 0) is 24.8 Å². The Kier molecular flexibility index (Phi) is 17.2. The third-order valence-electron chi connectivity index (χ3n) is 3.71. The van der Waals surface area contributed by atoms with Crippen LogP contribution in [0.2, 0.25) is 0 Å². The summed E-state index contributed by atoms with van der Waals surface area (Å²) in [7, 11) is 0. The van der Waals surface area contributed by atoms with Crippen LogP contribution in [0.4, 0.5) is 4.79 Å². The van der Waals surface area contributed by atoms with Crippen LogP contribution < -0.4 is 16.8 Å². The summed E-state index contributed by atoms with van der Waals surface area (Å²) >= 11 is 0. The van der Waals surface area contributed by atoms with E-state index in [0.717, 1.165) is 12.8 Å². The van der Waals surface area contributed by atoms with Crippen molar-refractivity contribution in [2.75, 3.05) is 65.9 Å². The summed E-state index contributed by atoms with van der Waals surface area (Å²) < 4.78 is 20.8. The predicted molar refractivity (Wildman–Crippen MR) is 97.5 cm³/mol. The summed E-state index contributed by atoms with van der Waals surface area (Å²) in [5.41, 5.74) is 11.0. The third-order valence-corrected chi connectivity index (χ3v) is 3.71. The molecule has 0 heterocycles. The Morgan fingerprint density at radius 1 is 0.960 bits per heavy atom. The number of amides is 1. The number of hydrogen-bond donors (Lipinski definition) is 3. The average molecular weight is 363 g/mol. The van der Waals surface area contributed by atoms with Gasteiger partial charge >= 0.3 is 6.09 Å². The summed E-state index contributed by atoms with van der Waals surface area (Å²) in [5, 5.41) is 2.77. The van der Waals surface area contributed by atoms with E-state index in [0.29, 0.717) is 71.1 Å². The minimum Gasteiger partial charge on any atom is -0.447 e. The van der Waals surface area contributed by atoms with Crippen LogP contribution in [-0.4, -0.2) is 72.0 Å². The van der Waals surface area contributed by atoms with E-state index >= 15 is 0 Å². The second-order valence-electron chi connectivity index (χ2n) is 5.99. The number of nitrogens with one attached hydrogen (secondary N) is 1. The summed E-state index contributed by atoms with van der Waals surface area (Å²) in [4.78, 5) is 11.6. The maximum absolute atomic E-state index is 11.6. The highest BCUT2D eigenvalue weighted by atomic mass is 16.6. The first kappa shape index (κ1) is 24.1. The van der Waals surface area contributed by atoms with E-state index in [1.165, 1.54) is 0 Å². The highest BCUT2D eigenvalue weighted by Gasteiger charge is 2.11. The molecule has 0 aromatic carbocycles. The van der Waals surface area contributed by atoms with Gasteiger partial charge < -0.3 is 35.7 Å². The van der Waals surface area contributed by atoms with E-state index in [9.17, 15) is 4.79 Å². The van der Waals surface area contributed by atoms with Gasteiger partial charge in [-0.1, -0.05) is 20.3 Å². The standard InChI is InChI=1S/C17H37N3O5/c1-3-16(13-19)12-15(2)14-20-17(21)25-11-10-24-9-8-23-7-6-22-5-4-18/h15-16H,3-14,18-19H2,1-2H3,(H,20,21). The first-order valence-corrected chi connectivity index (χ1v) is 9.17. The largest absolute Gasteiger partial charge is 0.447 e. The van der Waals surface area contributed by atoms with Gasteiger partial charge in [0.2, 0.25) is 0 Å². The van der Waals surface area contributed by atoms with E-state index in [1.54, 1.807) is 0 Å². The van der Waals surface area contributed by atoms with Crippen molar-refractivity contribution in [2.45, 2.75) is 26.7 Å². The second-order valence-corrected chi connectivity index (χ2v) is 5.99. The van der Waals surface area contributed by atoms with Crippen molar-refractivity contribution in [2.24, 2.45) is 23.3 Å². The summed E-state index contributed by atoms with van der Waals surface area (Å²) in [5.74, 6) is 0.888. The molecule has 0 saturated carbocycles. The Labute approximate surface area is 151 Å². The molecule has 0 aromatic rings. The van der Waals surface area contributed by atoms with Crippen molar-refractivity contribution in [1.29, 1.82) is 0 Å². The zero-order valence-electron chi connectivity index (χ0n) is 15.8. The first-order valence-electron chi connectivity index (χ1n) is 9.17. The molecule has 0 spiro atoms. The maximum Gasteiger partial charge on any atom is 0.407 e. The van der Waals surface area contributed by atoms with Crippen molar-refractivity contribution < 1.29 is 23.7 Å². The zero-order chi connectivity index (χ0) is 18.8. The molecule has 0 aliphatic heterocycles. The molecule has 0 radical (unpaired) electrons. The molecule has 150 valence electrons. The van der Waals surface area contributed by atoms with Crippen molar-refractivity contribution >= 4 is 6.09 Å². The molecule has 8 heteroatoms. The minimum atomic E-state index is -0.412. The van der Waals surface area contributed by atoms with E-state index in [1.807, 2.05) is 0 Å². The Morgan fingerprint density at radius 3 is 2.04 bits per heavy atom. The van der Waals surface area contributed by atoms with Gasteiger partial charge in [0.15, 0.2) is 0 Å². The molecule has 0 bridgehead atoms. The normalized spacial score (nSPS) is 13.4. The van der Waals surface area contributed by atoms with Crippen molar-refractivity contribution in [3.05, 3.63) is 0 Å². The van der Waals surface area contributed by atoms with Crippen LogP contribution in [0.15, 0.2) is 0 Å². The van der Waals surface area contributed by atoms with Crippen LogP contribution in [0.1, 0.15) is 26.7 Å². The number of alkyl carbamates (subject to hydrolysis) is 1. The van der Waals surface area contributed by atoms with Crippen LogP contribution in [0.25, 0.3) is 0 Å². The van der Waals surface area contributed by atoms with Crippen molar-refractivity contribution in [1.82, 2.24) is 5.32 Å². The van der Waals surface area contributed by atoms with Crippen molar-refractivity contribution in [3.63, 3.8) is 0 Å². The van der Waals surface area contributed by atoms with Gasteiger partial charge in [-0.2, -0.15) is 0 Å². The molecule has 2 unspecified atom stereocenters. The number of carbonyl (C=O) groups is 1. The highest BCUT2D eigenvalue weighted by molar-refractivity contribution is 5.67. The molecule has 0 fully saturated rings. The monoisotopic (exact) mass is 363 g/mol. The molecular weight excluding hydrogens is 326 g/mol. The third kappa shape index (κ3) is 16.3. The van der Waals surface area contributed by atoms with Crippen LogP contribution in [0.3, 0.4) is 0 Å². The smallest absolute Gasteiger partial charge is 0.407 e. The highest BCUT2D eigenvalue weighted by Crippen LogP contribution is 2.13. The minimum absolute atomic E-state index is 0.222. The summed E-state index contributed by atoms with van der Waals surface area (Å²) in [6, 6.07) is 0. The van der Waals surface area contributed by atoms with E-state index in [-0.39, 0.29) is 6.61 Å². The van der Waals surface area contributed by atoms with Crippen LogP contribution >= 0.6 is 0 Å². The fourth-order valence-electron chi connectivity index (χ4n) is 2.21. The van der Waals surface area contributed by atoms with Gasteiger partial charge in [-0.3, -0.25) is 0 Å². The van der Waals surface area contributed by atoms with E-state index in [2.05, 4.69) is 19.2 Å². The molecule has 0 rings (SSSR count). The lowest BCUT2D eigenvalue weighted by molar-refractivity contribution is 0.00671. The van der Waals surface area contributed by atoms with Crippen molar-refractivity contribution in [3.8, 4) is 0 Å². The van der Waals surface area contributed by atoms with Gasteiger partial charge in [0, 0.05) is 13.1 Å². The van der Waals surface area contributed by atoms with Gasteiger partial charge in [0.25, 0.3) is 0 Å². The Bertz CT molecular complexity index is 304. The number of rotatable bonds is 17. The van der Waals surface area contributed by atoms with E-state index < -0.39 is 6.09 Å². The fourth-order valence-corrected chi connectivity index (χ4v) is 2.21. The molecule has 5 N–H and O–H groups in total. The van der Waals surface area contributed by atoms with Gasteiger partial charge in [0.1, 0.15) is 6.61 Å². The lowest BCUT2D eigenvalue weighted by Crippen LogP contribution is -2.31. The number of ether oxygens (including phenoxy) is 4. The molecule has 0 aromatic heterocycles. The predicted octanol–water partition coefficient (Wildman–Crippen LogP) is 0.732. The molecule has 0 saturated heterocycles. The molecule has 0 aliphatic carbocycles. The topological polar surface area (TPSA) is 118 Å². The molecular formula is C17H37N3O5.